The third kappa shape index (κ3) is 5.49. The second-order valence-corrected chi connectivity index (χ2v) is 6.72. The number of hydrogen-bond donors (Lipinski definition) is 2. The van der Waals surface area contributed by atoms with Gasteiger partial charge in [-0.15, -0.1) is 0 Å². The molecule has 24 heavy (non-hydrogen) atoms. The van der Waals surface area contributed by atoms with E-state index in [9.17, 15) is 9.90 Å². The van der Waals surface area contributed by atoms with Crippen LogP contribution in [0.3, 0.4) is 0 Å². The predicted molar refractivity (Wildman–Crippen MR) is 94.7 cm³/mol. The summed E-state index contributed by atoms with van der Waals surface area (Å²) in [4.78, 5) is 14.5. The van der Waals surface area contributed by atoms with Crippen molar-refractivity contribution in [3.05, 3.63) is 35.9 Å². The molecule has 134 valence electrons. The molecule has 1 saturated carbocycles. The van der Waals surface area contributed by atoms with Gasteiger partial charge in [-0.3, -0.25) is 4.90 Å². The van der Waals surface area contributed by atoms with Crippen molar-refractivity contribution >= 4 is 6.09 Å². The van der Waals surface area contributed by atoms with Gasteiger partial charge in [0.2, 0.25) is 0 Å². The van der Waals surface area contributed by atoms with Crippen LogP contribution < -0.4 is 5.32 Å². The van der Waals surface area contributed by atoms with E-state index in [1.54, 1.807) is 0 Å². The molecular formula is C19H30N2O3. The number of rotatable bonds is 7. The van der Waals surface area contributed by atoms with E-state index in [-0.39, 0.29) is 31.4 Å². The maximum atomic E-state index is 12.2. The highest BCUT2D eigenvalue weighted by atomic mass is 16.5. The minimum absolute atomic E-state index is 0.0796. The minimum Gasteiger partial charge on any atom is -0.445 e. The lowest BCUT2D eigenvalue weighted by Gasteiger charge is -2.42. The number of carbonyl (C=O) groups is 1. The Morgan fingerprint density at radius 3 is 2.67 bits per heavy atom. The standard InChI is InChI=1S/C19H30N2O3/c1-15(2)21(12-13-22)18-11-7-6-10-17(18)20-19(23)24-14-16-8-4-3-5-9-16/h3-5,8-9,15,17-18,22H,6-7,10-14H2,1-2H3,(H,20,23)/t17-,18-/m0/s1. The zero-order chi connectivity index (χ0) is 17.4. The molecule has 1 aliphatic carbocycles. The molecule has 1 amide bonds. The molecular weight excluding hydrogens is 304 g/mol. The number of hydrogen-bond acceptors (Lipinski definition) is 4. The van der Waals surface area contributed by atoms with Gasteiger partial charge in [0, 0.05) is 24.7 Å². The third-order valence-corrected chi connectivity index (χ3v) is 4.69. The summed E-state index contributed by atoms with van der Waals surface area (Å²) in [6, 6.07) is 10.4. The molecule has 2 atom stereocenters. The number of amides is 1. The Morgan fingerprint density at radius 1 is 1.29 bits per heavy atom. The van der Waals surface area contributed by atoms with Crippen LogP contribution in [0.1, 0.15) is 45.1 Å². The van der Waals surface area contributed by atoms with Crippen LogP contribution in [-0.2, 0) is 11.3 Å². The predicted octanol–water partition coefficient (Wildman–Crippen LogP) is 2.93. The van der Waals surface area contributed by atoms with Crippen molar-refractivity contribution in [2.75, 3.05) is 13.2 Å². The van der Waals surface area contributed by atoms with E-state index in [0.717, 1.165) is 31.2 Å². The number of nitrogens with one attached hydrogen (secondary N) is 1. The highest BCUT2D eigenvalue weighted by Gasteiger charge is 2.32. The van der Waals surface area contributed by atoms with Gasteiger partial charge in [0.15, 0.2) is 0 Å². The zero-order valence-electron chi connectivity index (χ0n) is 14.8. The lowest BCUT2D eigenvalue weighted by atomic mass is 9.88. The molecule has 0 aliphatic heterocycles. The average molecular weight is 334 g/mol. The summed E-state index contributed by atoms with van der Waals surface area (Å²) in [5.41, 5.74) is 0.983. The molecule has 1 fully saturated rings. The number of ether oxygens (including phenoxy) is 1. The fraction of sp³-hybridized carbons (Fsp3) is 0.632. The molecule has 2 N–H and O–H groups in total. The summed E-state index contributed by atoms with van der Waals surface area (Å²) in [6.45, 7) is 5.33. The van der Waals surface area contributed by atoms with Gasteiger partial charge in [0.25, 0.3) is 0 Å². The van der Waals surface area contributed by atoms with E-state index in [1.807, 2.05) is 30.3 Å². The minimum atomic E-state index is -0.358. The molecule has 0 saturated heterocycles. The summed E-state index contributed by atoms with van der Waals surface area (Å²) in [7, 11) is 0. The van der Waals surface area contributed by atoms with Gasteiger partial charge in [0.05, 0.1) is 6.61 Å². The lowest BCUT2D eigenvalue weighted by Crippen LogP contribution is -2.55. The smallest absolute Gasteiger partial charge is 0.407 e. The van der Waals surface area contributed by atoms with E-state index < -0.39 is 0 Å². The van der Waals surface area contributed by atoms with Gasteiger partial charge >= 0.3 is 6.09 Å². The van der Waals surface area contributed by atoms with Gasteiger partial charge in [-0.25, -0.2) is 4.79 Å². The van der Waals surface area contributed by atoms with Crippen molar-refractivity contribution < 1.29 is 14.6 Å². The first kappa shape index (κ1) is 18.7. The van der Waals surface area contributed by atoms with Crippen LogP contribution in [0.2, 0.25) is 0 Å². The van der Waals surface area contributed by atoms with Crippen LogP contribution in [0.5, 0.6) is 0 Å². The highest BCUT2D eigenvalue weighted by molar-refractivity contribution is 5.67. The highest BCUT2D eigenvalue weighted by Crippen LogP contribution is 2.25. The Kier molecular flexibility index (Phi) is 7.53. The lowest BCUT2D eigenvalue weighted by molar-refractivity contribution is 0.0663. The van der Waals surface area contributed by atoms with Crippen LogP contribution in [0.4, 0.5) is 4.79 Å². The monoisotopic (exact) mass is 334 g/mol. The number of carbonyl (C=O) groups excluding carboxylic acids is 1. The van der Waals surface area contributed by atoms with Crippen molar-refractivity contribution in [2.45, 2.75) is 64.3 Å². The maximum absolute atomic E-state index is 12.2. The molecule has 0 aromatic heterocycles. The molecule has 0 unspecified atom stereocenters. The molecule has 5 heteroatoms. The number of aliphatic hydroxyl groups is 1. The molecule has 5 nitrogen and oxygen atoms in total. The van der Waals surface area contributed by atoms with Crippen LogP contribution in [0, 0.1) is 0 Å². The van der Waals surface area contributed by atoms with Gasteiger partial charge in [-0.05, 0) is 32.3 Å². The number of nitrogens with zero attached hydrogens (tertiary/aromatic N) is 1. The van der Waals surface area contributed by atoms with Crippen molar-refractivity contribution in [3.8, 4) is 0 Å². The molecule has 0 heterocycles. The topological polar surface area (TPSA) is 61.8 Å². The fourth-order valence-electron chi connectivity index (χ4n) is 3.52. The second kappa shape index (κ2) is 9.64. The van der Waals surface area contributed by atoms with E-state index in [0.29, 0.717) is 12.6 Å². The van der Waals surface area contributed by atoms with Crippen LogP contribution in [0.15, 0.2) is 30.3 Å². The summed E-state index contributed by atoms with van der Waals surface area (Å²) < 4.78 is 5.36. The molecule has 1 aromatic rings. The SMILES string of the molecule is CC(C)N(CCO)[C@H]1CCCC[C@@H]1NC(=O)OCc1ccccc1. The number of aliphatic hydroxyl groups excluding tert-OH is 1. The zero-order valence-corrected chi connectivity index (χ0v) is 14.8. The Labute approximate surface area is 145 Å². The van der Waals surface area contributed by atoms with E-state index >= 15 is 0 Å². The molecule has 1 aliphatic rings. The Balaban J connectivity index is 1.90. The van der Waals surface area contributed by atoms with Crippen LogP contribution in [-0.4, -0.2) is 47.4 Å². The first-order valence-electron chi connectivity index (χ1n) is 8.95. The maximum Gasteiger partial charge on any atom is 0.407 e. The third-order valence-electron chi connectivity index (χ3n) is 4.69. The molecule has 0 radical (unpaired) electrons. The summed E-state index contributed by atoms with van der Waals surface area (Å²) >= 11 is 0. The van der Waals surface area contributed by atoms with Crippen molar-refractivity contribution in [3.63, 3.8) is 0 Å². The Bertz CT molecular complexity index is 493. The molecule has 0 spiro atoms. The average Bonchev–Trinajstić information content (AvgIpc) is 2.59. The normalized spacial score (nSPS) is 21.0. The van der Waals surface area contributed by atoms with Crippen LogP contribution >= 0.6 is 0 Å². The Morgan fingerprint density at radius 2 is 2.00 bits per heavy atom. The van der Waals surface area contributed by atoms with Gasteiger partial charge in [-0.1, -0.05) is 43.2 Å². The first-order chi connectivity index (χ1) is 11.6. The summed E-state index contributed by atoms with van der Waals surface area (Å²) in [5.74, 6) is 0. The number of benzene rings is 1. The van der Waals surface area contributed by atoms with E-state index in [1.165, 1.54) is 0 Å². The largest absolute Gasteiger partial charge is 0.445 e. The van der Waals surface area contributed by atoms with Gasteiger partial charge in [0.1, 0.15) is 6.61 Å². The summed E-state index contributed by atoms with van der Waals surface area (Å²) in [6.07, 6.45) is 3.92. The summed E-state index contributed by atoms with van der Waals surface area (Å²) in [5, 5.41) is 12.4. The molecule has 1 aromatic carbocycles. The van der Waals surface area contributed by atoms with Crippen molar-refractivity contribution in [2.24, 2.45) is 0 Å². The number of alkyl carbamates (subject to hydrolysis) is 1. The molecule has 2 rings (SSSR count). The second-order valence-electron chi connectivity index (χ2n) is 6.72. The van der Waals surface area contributed by atoms with Crippen molar-refractivity contribution in [1.82, 2.24) is 10.2 Å². The van der Waals surface area contributed by atoms with E-state index in [2.05, 4.69) is 24.1 Å². The molecule has 0 bridgehead atoms. The van der Waals surface area contributed by atoms with E-state index in [4.69, 9.17) is 4.74 Å². The van der Waals surface area contributed by atoms with Gasteiger partial charge < -0.3 is 15.2 Å². The van der Waals surface area contributed by atoms with Gasteiger partial charge in [-0.2, -0.15) is 0 Å². The van der Waals surface area contributed by atoms with Crippen molar-refractivity contribution in [1.29, 1.82) is 0 Å². The fourth-order valence-corrected chi connectivity index (χ4v) is 3.52. The first-order valence-corrected chi connectivity index (χ1v) is 8.95. The van der Waals surface area contributed by atoms with Crippen LogP contribution in [0.25, 0.3) is 0 Å². The quantitative estimate of drug-likeness (QED) is 0.805. The Hall–Kier alpha value is -1.59.